The molecule has 1 unspecified atom stereocenters. The van der Waals surface area contributed by atoms with Crippen LogP contribution >= 0.6 is 0 Å². The minimum absolute atomic E-state index is 0.0606. The van der Waals surface area contributed by atoms with Gasteiger partial charge in [-0.2, -0.15) is 0 Å². The summed E-state index contributed by atoms with van der Waals surface area (Å²) in [5.41, 5.74) is 0.404. The summed E-state index contributed by atoms with van der Waals surface area (Å²) in [6.07, 6.45) is 4.37. The number of aromatic nitrogens is 1. The second kappa shape index (κ2) is 4.57. The lowest BCUT2D eigenvalue weighted by molar-refractivity contribution is 0.0132. The highest BCUT2D eigenvalue weighted by molar-refractivity contribution is 5.91. The average Bonchev–Trinajstić information content (AvgIpc) is 2.68. The SMILES string of the molecule is CC(=O)c1cc(CC2CCCCO2)on1. The Kier molecular flexibility index (Phi) is 3.16. The topological polar surface area (TPSA) is 52.3 Å². The van der Waals surface area contributed by atoms with Crippen LogP contribution in [0.3, 0.4) is 0 Å². The number of hydrogen-bond donors (Lipinski definition) is 0. The Hall–Kier alpha value is -1.16. The molecule has 4 nitrogen and oxygen atoms in total. The summed E-state index contributed by atoms with van der Waals surface area (Å²) in [5, 5.41) is 3.70. The van der Waals surface area contributed by atoms with Crippen LogP contribution in [0.25, 0.3) is 0 Å². The molecule has 1 aliphatic heterocycles. The van der Waals surface area contributed by atoms with Crippen LogP contribution in [0.15, 0.2) is 10.6 Å². The number of carbonyl (C=O) groups excluding carboxylic acids is 1. The van der Waals surface area contributed by atoms with Gasteiger partial charge < -0.3 is 9.26 Å². The van der Waals surface area contributed by atoms with Crippen molar-refractivity contribution in [2.24, 2.45) is 0 Å². The van der Waals surface area contributed by atoms with Crippen LogP contribution in [-0.2, 0) is 11.2 Å². The summed E-state index contributed by atoms with van der Waals surface area (Å²) in [7, 11) is 0. The minimum Gasteiger partial charge on any atom is -0.378 e. The molecule has 2 heterocycles. The molecule has 0 bridgehead atoms. The highest BCUT2D eigenvalue weighted by Gasteiger charge is 2.17. The first-order valence-corrected chi connectivity index (χ1v) is 5.34. The van der Waals surface area contributed by atoms with Crippen LogP contribution in [0.2, 0.25) is 0 Å². The molecule has 0 spiro atoms. The Labute approximate surface area is 88.6 Å². The van der Waals surface area contributed by atoms with Crippen molar-refractivity contribution in [3.63, 3.8) is 0 Å². The van der Waals surface area contributed by atoms with Gasteiger partial charge >= 0.3 is 0 Å². The number of Topliss-reactive ketones (excluding diaryl/α,β-unsaturated/α-hetero) is 1. The maximum atomic E-state index is 11.0. The fraction of sp³-hybridized carbons (Fsp3) is 0.636. The van der Waals surface area contributed by atoms with E-state index < -0.39 is 0 Å². The summed E-state index contributed by atoms with van der Waals surface area (Å²) in [4.78, 5) is 11.0. The van der Waals surface area contributed by atoms with Gasteiger partial charge in [0.05, 0.1) is 6.10 Å². The van der Waals surface area contributed by atoms with Crippen molar-refractivity contribution in [3.05, 3.63) is 17.5 Å². The summed E-state index contributed by atoms with van der Waals surface area (Å²) in [6, 6.07) is 1.71. The third kappa shape index (κ3) is 2.65. The van der Waals surface area contributed by atoms with E-state index in [0.29, 0.717) is 5.69 Å². The molecule has 0 N–H and O–H groups in total. The Balaban J connectivity index is 1.94. The summed E-state index contributed by atoms with van der Waals surface area (Å²) in [6.45, 7) is 2.32. The van der Waals surface area contributed by atoms with Crippen LogP contribution in [0, 0.1) is 0 Å². The molecule has 4 heteroatoms. The Morgan fingerprint density at radius 2 is 2.47 bits per heavy atom. The van der Waals surface area contributed by atoms with Gasteiger partial charge in [-0.05, 0) is 19.3 Å². The van der Waals surface area contributed by atoms with E-state index in [1.807, 2.05) is 0 Å². The van der Waals surface area contributed by atoms with Crippen LogP contribution in [0.1, 0.15) is 42.4 Å². The van der Waals surface area contributed by atoms with E-state index >= 15 is 0 Å². The van der Waals surface area contributed by atoms with Crippen molar-refractivity contribution < 1.29 is 14.1 Å². The van der Waals surface area contributed by atoms with Gasteiger partial charge in [-0.25, -0.2) is 0 Å². The van der Waals surface area contributed by atoms with E-state index in [1.165, 1.54) is 13.3 Å². The van der Waals surface area contributed by atoms with Gasteiger partial charge in [0.2, 0.25) is 0 Å². The van der Waals surface area contributed by atoms with E-state index in [-0.39, 0.29) is 11.9 Å². The van der Waals surface area contributed by atoms with Gasteiger partial charge in [0.15, 0.2) is 5.78 Å². The van der Waals surface area contributed by atoms with Gasteiger partial charge in [0.1, 0.15) is 11.5 Å². The molecule has 82 valence electrons. The largest absolute Gasteiger partial charge is 0.378 e. The second-order valence-electron chi connectivity index (χ2n) is 3.93. The maximum Gasteiger partial charge on any atom is 0.181 e. The third-order valence-electron chi connectivity index (χ3n) is 2.62. The van der Waals surface area contributed by atoms with E-state index in [2.05, 4.69) is 5.16 Å². The van der Waals surface area contributed by atoms with Crippen LogP contribution in [0.5, 0.6) is 0 Å². The molecule has 1 aromatic rings. The van der Waals surface area contributed by atoms with Gasteiger partial charge in [0, 0.05) is 26.0 Å². The Morgan fingerprint density at radius 1 is 1.60 bits per heavy atom. The molecular weight excluding hydrogens is 194 g/mol. The molecule has 0 aliphatic carbocycles. The molecule has 0 saturated carbocycles. The number of ketones is 1. The normalized spacial score (nSPS) is 21.5. The maximum absolute atomic E-state index is 11.0. The fourth-order valence-electron chi connectivity index (χ4n) is 1.77. The lowest BCUT2D eigenvalue weighted by atomic mass is 10.1. The predicted molar refractivity (Wildman–Crippen MR) is 53.8 cm³/mol. The molecule has 1 saturated heterocycles. The summed E-state index contributed by atoms with van der Waals surface area (Å²) >= 11 is 0. The number of rotatable bonds is 3. The first-order valence-electron chi connectivity index (χ1n) is 5.34. The van der Waals surface area contributed by atoms with Crippen molar-refractivity contribution in [2.75, 3.05) is 6.61 Å². The van der Waals surface area contributed by atoms with Crippen LogP contribution in [0.4, 0.5) is 0 Å². The molecule has 1 fully saturated rings. The standard InChI is InChI=1S/C11H15NO3/c1-8(13)11-7-10(15-12-11)6-9-4-2-3-5-14-9/h7,9H,2-6H2,1H3. The number of nitrogens with zero attached hydrogens (tertiary/aromatic N) is 1. The lowest BCUT2D eigenvalue weighted by Gasteiger charge is -2.21. The molecule has 0 aromatic carbocycles. The Morgan fingerprint density at radius 3 is 3.07 bits per heavy atom. The van der Waals surface area contributed by atoms with Crippen LogP contribution < -0.4 is 0 Å². The zero-order valence-corrected chi connectivity index (χ0v) is 8.86. The molecule has 1 aromatic heterocycles. The molecule has 15 heavy (non-hydrogen) atoms. The number of carbonyl (C=O) groups is 1. The monoisotopic (exact) mass is 209 g/mol. The summed E-state index contributed by atoms with van der Waals surface area (Å²) < 4.78 is 10.7. The van der Waals surface area contributed by atoms with E-state index in [0.717, 1.165) is 31.6 Å². The number of hydrogen-bond acceptors (Lipinski definition) is 4. The van der Waals surface area contributed by atoms with E-state index in [9.17, 15) is 4.79 Å². The minimum atomic E-state index is -0.0606. The smallest absolute Gasteiger partial charge is 0.181 e. The van der Waals surface area contributed by atoms with E-state index in [1.54, 1.807) is 6.07 Å². The highest BCUT2D eigenvalue weighted by atomic mass is 16.5. The van der Waals surface area contributed by atoms with Crippen molar-refractivity contribution in [1.29, 1.82) is 0 Å². The van der Waals surface area contributed by atoms with Gasteiger partial charge in [-0.15, -0.1) is 0 Å². The first kappa shape index (κ1) is 10.4. The molecule has 1 aliphatic rings. The number of ether oxygens (including phenoxy) is 1. The van der Waals surface area contributed by atoms with Crippen molar-refractivity contribution >= 4 is 5.78 Å². The van der Waals surface area contributed by atoms with Crippen LogP contribution in [-0.4, -0.2) is 23.7 Å². The lowest BCUT2D eigenvalue weighted by Crippen LogP contribution is -2.21. The van der Waals surface area contributed by atoms with Gasteiger partial charge in [-0.3, -0.25) is 4.79 Å². The highest BCUT2D eigenvalue weighted by Crippen LogP contribution is 2.17. The quantitative estimate of drug-likeness (QED) is 0.714. The zero-order valence-electron chi connectivity index (χ0n) is 8.86. The molecule has 1 atom stereocenters. The summed E-state index contributed by atoms with van der Waals surface area (Å²) in [5.74, 6) is 0.682. The first-order chi connectivity index (χ1) is 7.25. The third-order valence-corrected chi connectivity index (χ3v) is 2.62. The van der Waals surface area contributed by atoms with Gasteiger partial charge in [0.25, 0.3) is 0 Å². The van der Waals surface area contributed by atoms with Crippen molar-refractivity contribution in [2.45, 2.75) is 38.7 Å². The second-order valence-corrected chi connectivity index (χ2v) is 3.93. The average molecular weight is 209 g/mol. The molecule has 0 radical (unpaired) electrons. The molecule has 0 amide bonds. The fourth-order valence-corrected chi connectivity index (χ4v) is 1.77. The van der Waals surface area contributed by atoms with Crippen molar-refractivity contribution in [3.8, 4) is 0 Å². The molecular formula is C11H15NO3. The zero-order chi connectivity index (χ0) is 10.7. The van der Waals surface area contributed by atoms with Crippen molar-refractivity contribution in [1.82, 2.24) is 5.16 Å². The predicted octanol–water partition coefficient (Wildman–Crippen LogP) is 1.99. The Bertz CT molecular complexity index is 339. The molecule has 2 rings (SSSR count). The van der Waals surface area contributed by atoms with E-state index in [4.69, 9.17) is 9.26 Å². The van der Waals surface area contributed by atoms with Gasteiger partial charge in [-0.1, -0.05) is 5.16 Å².